The van der Waals surface area contributed by atoms with Gasteiger partial charge in [-0.05, 0) is 46.9 Å². The third-order valence-corrected chi connectivity index (χ3v) is 4.25. The normalized spacial score (nSPS) is 16.0. The fraction of sp³-hybridized carbons (Fsp3) is 0.312. The number of benzene rings is 1. The molecule has 0 spiro atoms. The Morgan fingerprint density at radius 3 is 2.57 bits per heavy atom. The van der Waals surface area contributed by atoms with Crippen LogP contribution >= 0.6 is 22.6 Å². The Morgan fingerprint density at radius 1 is 1.14 bits per heavy atom. The van der Waals surface area contributed by atoms with Gasteiger partial charge in [0.1, 0.15) is 11.9 Å². The zero-order valence-corrected chi connectivity index (χ0v) is 13.7. The molecule has 0 aliphatic carbocycles. The lowest BCUT2D eigenvalue weighted by molar-refractivity contribution is 0.163. The van der Waals surface area contributed by atoms with E-state index in [9.17, 15) is 4.39 Å². The predicted octanol–water partition coefficient (Wildman–Crippen LogP) is 3.87. The highest BCUT2D eigenvalue weighted by Crippen LogP contribution is 2.24. The van der Waals surface area contributed by atoms with Crippen LogP contribution in [0, 0.1) is 9.39 Å². The molecule has 0 N–H and O–H groups in total. The SMILES string of the molecule is Fc1ccccc1OC1CCN(c2ccc(I)cn2)CC1. The standard InChI is InChI=1S/C16H16FIN2O/c17-14-3-1-2-4-15(14)21-13-7-9-20(10-8-13)16-6-5-12(18)11-19-16/h1-6,11,13H,7-10H2. The van der Waals surface area contributed by atoms with Gasteiger partial charge in [0, 0.05) is 35.7 Å². The van der Waals surface area contributed by atoms with E-state index in [-0.39, 0.29) is 11.9 Å². The molecule has 1 aromatic heterocycles. The van der Waals surface area contributed by atoms with Gasteiger partial charge >= 0.3 is 0 Å². The second-order valence-corrected chi connectivity index (χ2v) is 6.31. The number of para-hydroxylation sites is 1. The van der Waals surface area contributed by atoms with E-state index in [1.807, 2.05) is 12.3 Å². The number of aromatic nitrogens is 1. The zero-order chi connectivity index (χ0) is 14.7. The molecule has 1 aromatic carbocycles. The summed E-state index contributed by atoms with van der Waals surface area (Å²) >= 11 is 2.25. The molecule has 2 heterocycles. The van der Waals surface area contributed by atoms with Crippen molar-refractivity contribution in [3.05, 3.63) is 52.0 Å². The average molecular weight is 398 g/mol. The van der Waals surface area contributed by atoms with Crippen molar-refractivity contribution in [2.45, 2.75) is 18.9 Å². The molecular weight excluding hydrogens is 382 g/mol. The van der Waals surface area contributed by atoms with E-state index in [2.05, 4.69) is 38.5 Å². The molecule has 2 aromatic rings. The second-order valence-electron chi connectivity index (χ2n) is 5.07. The molecule has 0 bridgehead atoms. The van der Waals surface area contributed by atoms with Crippen molar-refractivity contribution >= 4 is 28.4 Å². The topological polar surface area (TPSA) is 25.4 Å². The van der Waals surface area contributed by atoms with Crippen LogP contribution in [0.1, 0.15) is 12.8 Å². The maximum absolute atomic E-state index is 13.6. The Hall–Kier alpha value is -1.37. The quantitative estimate of drug-likeness (QED) is 0.735. The van der Waals surface area contributed by atoms with Crippen LogP contribution in [0.15, 0.2) is 42.6 Å². The first kappa shape index (κ1) is 14.6. The van der Waals surface area contributed by atoms with Crippen LogP contribution in [0.4, 0.5) is 10.2 Å². The van der Waals surface area contributed by atoms with Gasteiger partial charge in [-0.15, -0.1) is 0 Å². The minimum absolute atomic E-state index is 0.0713. The molecule has 0 radical (unpaired) electrons. The molecule has 1 aliphatic heterocycles. The number of nitrogens with zero attached hydrogens (tertiary/aromatic N) is 2. The highest BCUT2D eigenvalue weighted by molar-refractivity contribution is 14.1. The molecule has 0 unspecified atom stereocenters. The number of halogens is 2. The van der Waals surface area contributed by atoms with Crippen LogP contribution in [0.25, 0.3) is 0 Å². The van der Waals surface area contributed by atoms with Gasteiger partial charge in [-0.25, -0.2) is 9.37 Å². The van der Waals surface area contributed by atoms with Gasteiger partial charge in [-0.1, -0.05) is 12.1 Å². The van der Waals surface area contributed by atoms with Gasteiger partial charge in [0.05, 0.1) is 0 Å². The van der Waals surface area contributed by atoms with E-state index in [4.69, 9.17) is 4.74 Å². The summed E-state index contributed by atoms with van der Waals surface area (Å²) in [7, 11) is 0. The third kappa shape index (κ3) is 3.64. The first-order valence-corrected chi connectivity index (χ1v) is 8.08. The van der Waals surface area contributed by atoms with Crippen LogP contribution in [0.5, 0.6) is 5.75 Å². The molecule has 0 saturated carbocycles. The second kappa shape index (κ2) is 6.60. The largest absolute Gasteiger partial charge is 0.487 e. The van der Waals surface area contributed by atoms with E-state index in [1.54, 1.807) is 18.2 Å². The first-order valence-electron chi connectivity index (χ1n) is 7.00. The molecule has 1 saturated heterocycles. The third-order valence-electron chi connectivity index (χ3n) is 3.61. The summed E-state index contributed by atoms with van der Waals surface area (Å²) < 4.78 is 20.5. The van der Waals surface area contributed by atoms with Gasteiger partial charge in [0.15, 0.2) is 11.6 Å². The zero-order valence-electron chi connectivity index (χ0n) is 11.5. The summed E-state index contributed by atoms with van der Waals surface area (Å²) in [5, 5.41) is 0. The van der Waals surface area contributed by atoms with Crippen molar-refractivity contribution in [3.63, 3.8) is 0 Å². The van der Waals surface area contributed by atoms with Crippen LogP contribution in [0.2, 0.25) is 0 Å². The van der Waals surface area contributed by atoms with Crippen molar-refractivity contribution in [1.29, 1.82) is 0 Å². The summed E-state index contributed by atoms with van der Waals surface area (Å²) in [5.74, 6) is 1.06. The van der Waals surface area contributed by atoms with E-state index in [0.29, 0.717) is 5.75 Å². The lowest BCUT2D eigenvalue weighted by atomic mass is 10.1. The number of pyridine rings is 1. The van der Waals surface area contributed by atoms with Gasteiger partial charge in [0.25, 0.3) is 0 Å². The highest BCUT2D eigenvalue weighted by Gasteiger charge is 2.22. The fourth-order valence-corrected chi connectivity index (χ4v) is 2.80. The van der Waals surface area contributed by atoms with Gasteiger partial charge in [-0.2, -0.15) is 0 Å². The average Bonchev–Trinajstić information content (AvgIpc) is 2.51. The lowest BCUT2D eigenvalue weighted by Gasteiger charge is -2.33. The summed E-state index contributed by atoms with van der Waals surface area (Å²) in [5.41, 5.74) is 0. The van der Waals surface area contributed by atoms with Crippen LogP contribution in [0.3, 0.4) is 0 Å². The number of hydrogen-bond acceptors (Lipinski definition) is 3. The number of piperidine rings is 1. The highest BCUT2D eigenvalue weighted by atomic mass is 127. The summed E-state index contributed by atoms with van der Waals surface area (Å²) in [6.45, 7) is 1.76. The lowest BCUT2D eigenvalue weighted by Crippen LogP contribution is -2.38. The van der Waals surface area contributed by atoms with Crippen molar-refractivity contribution in [2.75, 3.05) is 18.0 Å². The van der Waals surface area contributed by atoms with Crippen LogP contribution in [-0.4, -0.2) is 24.2 Å². The maximum atomic E-state index is 13.6. The summed E-state index contributed by atoms with van der Waals surface area (Å²) in [4.78, 5) is 6.69. The molecule has 3 rings (SSSR count). The molecule has 0 amide bonds. The number of hydrogen-bond donors (Lipinski definition) is 0. The Labute approximate surface area is 137 Å². The number of anilines is 1. The minimum atomic E-state index is -0.292. The van der Waals surface area contributed by atoms with Crippen molar-refractivity contribution in [3.8, 4) is 5.75 Å². The smallest absolute Gasteiger partial charge is 0.165 e. The van der Waals surface area contributed by atoms with Gasteiger partial charge in [0.2, 0.25) is 0 Å². The number of rotatable bonds is 3. The predicted molar refractivity (Wildman–Crippen MR) is 89.2 cm³/mol. The molecule has 110 valence electrons. The summed E-state index contributed by atoms with van der Waals surface area (Å²) in [6.07, 6.45) is 3.70. The van der Waals surface area contributed by atoms with Gasteiger partial charge < -0.3 is 9.64 Å². The molecule has 0 atom stereocenters. The summed E-state index contributed by atoms with van der Waals surface area (Å²) in [6, 6.07) is 10.7. The fourth-order valence-electron chi connectivity index (χ4n) is 2.48. The molecule has 1 fully saturated rings. The maximum Gasteiger partial charge on any atom is 0.165 e. The van der Waals surface area contributed by atoms with Crippen LogP contribution in [-0.2, 0) is 0 Å². The van der Waals surface area contributed by atoms with Gasteiger partial charge in [-0.3, -0.25) is 0 Å². The monoisotopic (exact) mass is 398 g/mol. The molecular formula is C16H16FIN2O. The van der Waals surface area contributed by atoms with E-state index in [0.717, 1.165) is 35.3 Å². The van der Waals surface area contributed by atoms with Crippen molar-refractivity contribution in [2.24, 2.45) is 0 Å². The van der Waals surface area contributed by atoms with Crippen molar-refractivity contribution in [1.82, 2.24) is 4.98 Å². The van der Waals surface area contributed by atoms with E-state index in [1.165, 1.54) is 6.07 Å². The van der Waals surface area contributed by atoms with Crippen LogP contribution < -0.4 is 9.64 Å². The molecule has 21 heavy (non-hydrogen) atoms. The Balaban J connectivity index is 1.58. The van der Waals surface area contributed by atoms with E-state index < -0.39 is 0 Å². The molecule has 1 aliphatic rings. The Bertz CT molecular complexity index is 597. The minimum Gasteiger partial charge on any atom is -0.487 e. The first-order chi connectivity index (χ1) is 10.2. The van der Waals surface area contributed by atoms with Crippen molar-refractivity contribution < 1.29 is 9.13 Å². The Morgan fingerprint density at radius 2 is 1.90 bits per heavy atom. The number of ether oxygens (including phenoxy) is 1. The van der Waals surface area contributed by atoms with E-state index >= 15 is 0 Å². The molecule has 3 nitrogen and oxygen atoms in total. The Kier molecular flexibility index (Phi) is 4.57. The molecule has 5 heteroatoms.